The van der Waals surface area contributed by atoms with E-state index in [2.05, 4.69) is 4.98 Å². The van der Waals surface area contributed by atoms with Gasteiger partial charge in [-0.2, -0.15) is 0 Å². The van der Waals surface area contributed by atoms with Crippen LogP contribution in [-0.2, 0) is 22.4 Å². The zero-order valence-corrected chi connectivity index (χ0v) is 10.4. The van der Waals surface area contributed by atoms with Gasteiger partial charge in [-0.3, -0.25) is 0 Å². The van der Waals surface area contributed by atoms with Crippen LogP contribution in [0, 0.1) is 0 Å². The minimum absolute atomic E-state index is 0.0824. The Morgan fingerprint density at radius 3 is 3.00 bits per heavy atom. The number of nitrogens with one attached hydrogen (secondary N) is 1. The Morgan fingerprint density at radius 1 is 1.53 bits per heavy atom. The van der Waals surface area contributed by atoms with Gasteiger partial charge in [-0.05, 0) is 0 Å². The Kier molecular flexibility index (Phi) is 4.47. The molecule has 6 heteroatoms. The van der Waals surface area contributed by atoms with Crippen LogP contribution in [0.2, 0.25) is 0 Å². The Balaban J connectivity index is 1.78. The van der Waals surface area contributed by atoms with Crippen molar-refractivity contribution in [3.05, 3.63) is 16.1 Å². The molecule has 0 bridgehead atoms. The zero-order valence-electron chi connectivity index (χ0n) is 9.61. The van der Waals surface area contributed by atoms with Gasteiger partial charge in [0.1, 0.15) is 13.1 Å². The van der Waals surface area contributed by atoms with Gasteiger partial charge in [0.25, 0.3) is 0 Å². The Bertz CT molecular complexity index is 375. The fraction of sp³-hybridized carbons (Fsp3) is 0.636. The molecule has 0 aromatic carbocycles. The highest BCUT2D eigenvalue weighted by atomic mass is 32.1. The van der Waals surface area contributed by atoms with Crippen LogP contribution < -0.4 is 10.0 Å². The van der Waals surface area contributed by atoms with Gasteiger partial charge in [-0.25, -0.2) is 4.98 Å². The highest BCUT2D eigenvalue weighted by molar-refractivity contribution is 7.09. The molecule has 0 radical (unpaired) electrons. The van der Waals surface area contributed by atoms with E-state index in [0.717, 1.165) is 44.3 Å². The summed E-state index contributed by atoms with van der Waals surface area (Å²) < 4.78 is 5.29. The molecule has 2 rings (SSSR count). The van der Waals surface area contributed by atoms with Gasteiger partial charge < -0.3 is 19.5 Å². The fourth-order valence-corrected chi connectivity index (χ4v) is 2.68. The highest BCUT2D eigenvalue weighted by Gasteiger charge is 2.14. The van der Waals surface area contributed by atoms with E-state index in [1.54, 1.807) is 5.38 Å². The van der Waals surface area contributed by atoms with Crippen LogP contribution in [0.5, 0.6) is 0 Å². The first-order chi connectivity index (χ1) is 8.24. The van der Waals surface area contributed by atoms with Crippen molar-refractivity contribution in [3.8, 4) is 0 Å². The van der Waals surface area contributed by atoms with Crippen LogP contribution in [0.4, 0.5) is 0 Å². The van der Waals surface area contributed by atoms with Crippen LogP contribution in [0.1, 0.15) is 10.7 Å². The number of carboxylic acid groups (broad SMARTS) is 1. The van der Waals surface area contributed by atoms with Crippen molar-refractivity contribution in [3.63, 3.8) is 0 Å². The van der Waals surface area contributed by atoms with E-state index < -0.39 is 5.97 Å². The number of aromatic nitrogens is 1. The number of quaternary nitrogens is 1. The van der Waals surface area contributed by atoms with E-state index >= 15 is 0 Å². The van der Waals surface area contributed by atoms with Crippen molar-refractivity contribution >= 4 is 17.3 Å². The molecule has 1 aliphatic heterocycles. The lowest BCUT2D eigenvalue weighted by Crippen LogP contribution is -3.14. The number of ether oxygens (including phenoxy) is 1. The summed E-state index contributed by atoms with van der Waals surface area (Å²) in [7, 11) is 0. The second kappa shape index (κ2) is 6.09. The first-order valence-electron chi connectivity index (χ1n) is 5.78. The van der Waals surface area contributed by atoms with Gasteiger partial charge in [0.15, 0.2) is 0 Å². The van der Waals surface area contributed by atoms with Crippen molar-refractivity contribution in [2.45, 2.75) is 12.8 Å². The third-order valence-electron chi connectivity index (χ3n) is 2.82. The lowest BCUT2D eigenvalue weighted by Gasteiger charge is -2.23. The van der Waals surface area contributed by atoms with E-state index in [1.165, 1.54) is 16.2 Å². The lowest BCUT2D eigenvalue weighted by atomic mass is 10.3. The molecule has 1 fully saturated rings. The minimum Gasteiger partial charge on any atom is -0.550 e. The van der Waals surface area contributed by atoms with Crippen LogP contribution in [-0.4, -0.2) is 43.8 Å². The summed E-state index contributed by atoms with van der Waals surface area (Å²) >= 11 is 1.53. The predicted octanol–water partition coefficient (Wildman–Crippen LogP) is -2.11. The number of morpholine rings is 1. The molecule has 1 saturated heterocycles. The number of thiazole rings is 1. The number of hydrogen-bond acceptors (Lipinski definition) is 5. The molecule has 1 aromatic rings. The fourth-order valence-electron chi connectivity index (χ4n) is 1.89. The molecule has 5 nitrogen and oxygen atoms in total. The summed E-state index contributed by atoms with van der Waals surface area (Å²) in [4.78, 5) is 16.2. The van der Waals surface area contributed by atoms with E-state index in [-0.39, 0.29) is 6.42 Å². The number of nitrogens with zero attached hydrogens (tertiary/aromatic N) is 1. The molecule has 0 aliphatic carbocycles. The monoisotopic (exact) mass is 256 g/mol. The Morgan fingerprint density at radius 2 is 2.29 bits per heavy atom. The third-order valence-corrected chi connectivity index (χ3v) is 3.77. The molecule has 0 atom stereocenters. The van der Waals surface area contributed by atoms with Gasteiger partial charge >= 0.3 is 0 Å². The molecule has 1 aromatic heterocycles. The SMILES string of the molecule is O=C([O-])Cc1csc(CC[NH+]2CCOCC2)n1. The van der Waals surface area contributed by atoms with Crippen molar-refractivity contribution in [1.29, 1.82) is 0 Å². The highest BCUT2D eigenvalue weighted by Crippen LogP contribution is 2.10. The summed E-state index contributed by atoms with van der Waals surface area (Å²) in [5, 5.41) is 13.2. The van der Waals surface area contributed by atoms with Crippen LogP contribution >= 0.6 is 11.3 Å². The first kappa shape index (κ1) is 12.5. The summed E-state index contributed by atoms with van der Waals surface area (Å²) in [6.45, 7) is 4.82. The number of rotatable bonds is 5. The number of carbonyl (C=O) groups excluding carboxylic acids is 1. The average molecular weight is 256 g/mol. The Hall–Kier alpha value is -0.980. The summed E-state index contributed by atoms with van der Waals surface area (Å²) in [6.07, 6.45) is 0.827. The van der Waals surface area contributed by atoms with Crippen molar-refractivity contribution < 1.29 is 19.5 Å². The lowest BCUT2D eigenvalue weighted by molar-refractivity contribution is -0.907. The normalized spacial score (nSPS) is 17.2. The average Bonchev–Trinajstić information content (AvgIpc) is 2.75. The largest absolute Gasteiger partial charge is 0.550 e. The molecular weight excluding hydrogens is 240 g/mol. The maximum Gasteiger partial charge on any atom is 0.101 e. The number of aliphatic carboxylic acids is 1. The second-order valence-corrected chi connectivity index (χ2v) is 5.09. The second-order valence-electron chi connectivity index (χ2n) is 4.14. The first-order valence-corrected chi connectivity index (χ1v) is 6.66. The van der Waals surface area contributed by atoms with Gasteiger partial charge in [-0.15, -0.1) is 11.3 Å². The van der Waals surface area contributed by atoms with Crippen molar-refractivity contribution in [2.75, 3.05) is 32.8 Å². The van der Waals surface area contributed by atoms with Gasteiger partial charge in [-0.1, -0.05) is 0 Å². The molecular formula is C11H16N2O3S. The van der Waals surface area contributed by atoms with Crippen molar-refractivity contribution in [1.82, 2.24) is 4.98 Å². The van der Waals surface area contributed by atoms with Crippen molar-refractivity contribution in [2.24, 2.45) is 0 Å². The molecule has 0 unspecified atom stereocenters. The molecule has 17 heavy (non-hydrogen) atoms. The van der Waals surface area contributed by atoms with E-state index in [4.69, 9.17) is 4.74 Å². The molecule has 1 N–H and O–H groups in total. The molecule has 0 saturated carbocycles. The predicted molar refractivity (Wildman–Crippen MR) is 60.9 cm³/mol. The van der Waals surface area contributed by atoms with E-state index in [9.17, 15) is 9.90 Å². The summed E-state index contributed by atoms with van der Waals surface area (Å²) in [5.74, 6) is -1.07. The minimum atomic E-state index is -1.07. The summed E-state index contributed by atoms with van der Waals surface area (Å²) in [6, 6.07) is 0. The number of hydrogen-bond donors (Lipinski definition) is 1. The van der Waals surface area contributed by atoms with E-state index in [1.807, 2.05) is 0 Å². The van der Waals surface area contributed by atoms with E-state index in [0.29, 0.717) is 5.69 Å². The van der Waals surface area contributed by atoms with Gasteiger partial charge in [0.05, 0.1) is 30.5 Å². The van der Waals surface area contributed by atoms with Gasteiger partial charge in [0.2, 0.25) is 0 Å². The van der Waals surface area contributed by atoms with Gasteiger partial charge in [0, 0.05) is 24.2 Å². The number of carbonyl (C=O) groups is 1. The molecule has 0 spiro atoms. The summed E-state index contributed by atoms with van der Waals surface area (Å²) in [5.41, 5.74) is 0.613. The molecule has 0 amide bonds. The topological polar surface area (TPSA) is 66.7 Å². The van der Waals surface area contributed by atoms with Crippen LogP contribution in [0.25, 0.3) is 0 Å². The maximum absolute atomic E-state index is 10.4. The zero-order chi connectivity index (χ0) is 12.1. The molecule has 2 heterocycles. The van der Waals surface area contributed by atoms with Crippen LogP contribution in [0.15, 0.2) is 5.38 Å². The standard InChI is InChI=1S/C11H16N2O3S/c14-11(15)7-9-8-17-10(12-9)1-2-13-3-5-16-6-4-13/h8H,1-7H2,(H,14,15). The molecule has 1 aliphatic rings. The smallest absolute Gasteiger partial charge is 0.101 e. The quantitative estimate of drug-likeness (QED) is 0.655. The molecule has 94 valence electrons. The number of carboxylic acids is 1. The maximum atomic E-state index is 10.4. The third kappa shape index (κ3) is 4.07. The Labute approximate surface area is 104 Å². The van der Waals surface area contributed by atoms with Crippen LogP contribution in [0.3, 0.4) is 0 Å².